The third-order valence-electron chi connectivity index (χ3n) is 2.65. The van der Waals surface area contributed by atoms with Crippen LogP contribution >= 0.6 is 0 Å². The van der Waals surface area contributed by atoms with Crippen LogP contribution in [0.2, 0.25) is 0 Å². The summed E-state index contributed by atoms with van der Waals surface area (Å²) in [5.41, 5.74) is 1.25. The van der Waals surface area contributed by atoms with Crippen LogP contribution in [-0.2, 0) is 17.5 Å². The predicted octanol–water partition coefficient (Wildman–Crippen LogP) is 2.99. The van der Waals surface area contributed by atoms with Crippen molar-refractivity contribution in [1.29, 1.82) is 0 Å². The van der Waals surface area contributed by atoms with Crippen LogP contribution in [0.5, 0.6) is 0 Å². The first-order valence-corrected chi connectivity index (χ1v) is 6.59. The van der Waals surface area contributed by atoms with Gasteiger partial charge < -0.3 is 4.55 Å². The van der Waals surface area contributed by atoms with Gasteiger partial charge in [0.05, 0.1) is 0 Å². The lowest BCUT2D eigenvalue weighted by atomic mass is 10.0. The third-order valence-corrected chi connectivity index (χ3v) is 3.28. The van der Waals surface area contributed by atoms with Crippen molar-refractivity contribution >= 4 is 21.9 Å². The monoisotopic (exact) mass is 234 g/mol. The molecule has 2 nitrogen and oxygen atoms in total. The van der Waals surface area contributed by atoms with Gasteiger partial charge >= 0.3 is 0 Å². The Morgan fingerprint density at radius 2 is 1.81 bits per heavy atom. The molecule has 1 atom stereocenters. The van der Waals surface area contributed by atoms with Crippen molar-refractivity contribution < 1.29 is 8.76 Å². The van der Waals surface area contributed by atoms with E-state index in [0.717, 1.165) is 12.8 Å². The molecule has 3 heteroatoms. The molecule has 84 valence electrons. The first-order chi connectivity index (χ1) is 7.77. The van der Waals surface area contributed by atoms with Crippen molar-refractivity contribution in [3.05, 3.63) is 48.0 Å². The topological polar surface area (TPSA) is 37.3 Å². The van der Waals surface area contributed by atoms with Crippen LogP contribution < -0.4 is 0 Å². The summed E-state index contributed by atoms with van der Waals surface area (Å²) in [5, 5.41) is 2.47. The smallest absolute Gasteiger partial charge is 0.152 e. The van der Waals surface area contributed by atoms with Crippen LogP contribution in [0, 0.1) is 0 Å². The second kappa shape index (κ2) is 5.23. The fraction of sp³-hybridized carbons (Fsp3) is 0.231. The molecular formula is C13H14O2S. The summed E-state index contributed by atoms with van der Waals surface area (Å²) in [6.07, 6.45) is 1.60. The Morgan fingerprint density at radius 1 is 1.06 bits per heavy atom. The Morgan fingerprint density at radius 3 is 2.62 bits per heavy atom. The van der Waals surface area contributed by atoms with Gasteiger partial charge in [0.1, 0.15) is 0 Å². The van der Waals surface area contributed by atoms with Crippen LogP contribution in [0.25, 0.3) is 10.8 Å². The molecule has 0 aliphatic heterocycles. The SMILES string of the molecule is O=S(O)CCCc1cccc2ccccc12. The first kappa shape index (κ1) is 11.3. The van der Waals surface area contributed by atoms with Gasteiger partial charge in [-0.15, -0.1) is 0 Å². The summed E-state index contributed by atoms with van der Waals surface area (Å²) in [7, 11) is 0. The molecule has 0 saturated heterocycles. The van der Waals surface area contributed by atoms with Gasteiger partial charge in [0.15, 0.2) is 11.1 Å². The molecule has 0 fully saturated rings. The van der Waals surface area contributed by atoms with E-state index in [1.54, 1.807) is 0 Å². The highest BCUT2D eigenvalue weighted by molar-refractivity contribution is 7.79. The van der Waals surface area contributed by atoms with Gasteiger partial charge in [0, 0.05) is 5.75 Å². The average Bonchev–Trinajstić information content (AvgIpc) is 2.29. The van der Waals surface area contributed by atoms with Crippen LogP contribution in [0.3, 0.4) is 0 Å². The van der Waals surface area contributed by atoms with Gasteiger partial charge in [-0.25, -0.2) is 4.21 Å². The van der Waals surface area contributed by atoms with Crippen molar-refractivity contribution in [3.63, 3.8) is 0 Å². The molecule has 0 aromatic heterocycles. The van der Waals surface area contributed by atoms with Gasteiger partial charge in [-0.1, -0.05) is 42.5 Å². The van der Waals surface area contributed by atoms with E-state index >= 15 is 0 Å². The second-order valence-electron chi connectivity index (χ2n) is 3.77. The molecule has 16 heavy (non-hydrogen) atoms. The molecule has 2 aromatic rings. The van der Waals surface area contributed by atoms with E-state index in [1.807, 2.05) is 18.2 Å². The predicted molar refractivity (Wildman–Crippen MR) is 67.9 cm³/mol. The minimum atomic E-state index is -1.67. The van der Waals surface area contributed by atoms with Gasteiger partial charge in [-0.2, -0.15) is 0 Å². The minimum absolute atomic E-state index is 0.350. The summed E-state index contributed by atoms with van der Waals surface area (Å²) in [6, 6.07) is 14.4. The van der Waals surface area contributed by atoms with Crippen LogP contribution in [0.4, 0.5) is 0 Å². The number of rotatable bonds is 4. The highest BCUT2D eigenvalue weighted by atomic mass is 32.2. The quantitative estimate of drug-likeness (QED) is 0.826. The van der Waals surface area contributed by atoms with Gasteiger partial charge in [-0.05, 0) is 29.2 Å². The van der Waals surface area contributed by atoms with E-state index in [9.17, 15) is 4.21 Å². The summed E-state index contributed by atoms with van der Waals surface area (Å²) >= 11 is -1.67. The zero-order valence-electron chi connectivity index (χ0n) is 8.93. The number of benzene rings is 2. The average molecular weight is 234 g/mol. The normalized spacial score (nSPS) is 12.8. The molecule has 2 rings (SSSR count). The van der Waals surface area contributed by atoms with Gasteiger partial charge in [-0.3, -0.25) is 0 Å². The molecule has 1 N–H and O–H groups in total. The van der Waals surface area contributed by atoms with Crippen LogP contribution in [0.1, 0.15) is 12.0 Å². The molecule has 0 saturated carbocycles. The highest BCUT2D eigenvalue weighted by Gasteiger charge is 2.01. The number of hydrogen-bond donors (Lipinski definition) is 1. The summed E-state index contributed by atoms with van der Waals surface area (Å²) in [6.45, 7) is 0. The van der Waals surface area contributed by atoms with Crippen molar-refractivity contribution in [1.82, 2.24) is 0 Å². The van der Waals surface area contributed by atoms with Crippen molar-refractivity contribution in [3.8, 4) is 0 Å². The molecule has 0 radical (unpaired) electrons. The fourth-order valence-electron chi connectivity index (χ4n) is 1.90. The first-order valence-electron chi connectivity index (χ1n) is 5.31. The van der Waals surface area contributed by atoms with Crippen molar-refractivity contribution in [2.75, 3.05) is 5.75 Å². The zero-order valence-corrected chi connectivity index (χ0v) is 9.74. The van der Waals surface area contributed by atoms with E-state index in [2.05, 4.69) is 24.3 Å². The Bertz CT molecular complexity index is 503. The zero-order chi connectivity index (χ0) is 11.4. The maximum absolute atomic E-state index is 10.6. The van der Waals surface area contributed by atoms with Crippen molar-refractivity contribution in [2.45, 2.75) is 12.8 Å². The highest BCUT2D eigenvalue weighted by Crippen LogP contribution is 2.19. The third kappa shape index (κ3) is 2.68. The van der Waals surface area contributed by atoms with E-state index < -0.39 is 11.1 Å². The summed E-state index contributed by atoms with van der Waals surface area (Å²) in [4.78, 5) is 0. The Labute approximate surface area is 97.6 Å². The maximum atomic E-state index is 10.6. The van der Waals surface area contributed by atoms with Gasteiger partial charge in [0.2, 0.25) is 0 Å². The molecular weight excluding hydrogens is 220 g/mol. The van der Waals surface area contributed by atoms with Crippen LogP contribution in [0.15, 0.2) is 42.5 Å². The summed E-state index contributed by atoms with van der Waals surface area (Å²) < 4.78 is 19.3. The molecule has 2 aromatic carbocycles. The fourth-order valence-corrected chi connectivity index (χ4v) is 2.29. The molecule has 1 unspecified atom stereocenters. The summed E-state index contributed by atoms with van der Waals surface area (Å²) in [5.74, 6) is 0.350. The molecule has 0 spiro atoms. The minimum Gasteiger partial charge on any atom is -0.306 e. The van der Waals surface area contributed by atoms with E-state index in [1.165, 1.54) is 16.3 Å². The number of fused-ring (bicyclic) bond motifs is 1. The van der Waals surface area contributed by atoms with E-state index in [4.69, 9.17) is 4.55 Å². The lowest BCUT2D eigenvalue weighted by molar-refractivity contribution is 0.561. The largest absolute Gasteiger partial charge is 0.306 e. The molecule has 0 amide bonds. The number of aryl methyl sites for hydroxylation is 1. The van der Waals surface area contributed by atoms with E-state index in [-0.39, 0.29) is 0 Å². The molecule has 0 aliphatic rings. The molecule has 0 bridgehead atoms. The van der Waals surface area contributed by atoms with E-state index in [0.29, 0.717) is 5.75 Å². The lowest BCUT2D eigenvalue weighted by Gasteiger charge is -2.05. The second-order valence-corrected chi connectivity index (χ2v) is 4.82. The molecule has 0 aliphatic carbocycles. The van der Waals surface area contributed by atoms with Crippen LogP contribution in [-0.4, -0.2) is 14.5 Å². The Hall–Kier alpha value is -1.19. The standard InChI is InChI=1S/C13H14O2S/c14-16(15)10-4-8-12-7-3-6-11-5-1-2-9-13(11)12/h1-3,5-7,9H,4,8,10H2,(H,14,15). The number of hydrogen-bond acceptors (Lipinski definition) is 1. The maximum Gasteiger partial charge on any atom is 0.152 e. The Balaban J connectivity index is 2.20. The molecule has 0 heterocycles. The van der Waals surface area contributed by atoms with Crippen molar-refractivity contribution in [2.24, 2.45) is 0 Å². The Kier molecular flexibility index (Phi) is 3.70. The van der Waals surface area contributed by atoms with Gasteiger partial charge in [0.25, 0.3) is 0 Å². The lowest BCUT2D eigenvalue weighted by Crippen LogP contribution is -1.97.